The van der Waals surface area contributed by atoms with E-state index in [4.69, 9.17) is 0 Å². The average Bonchev–Trinajstić information content (AvgIpc) is 2.83. The van der Waals surface area contributed by atoms with Crippen molar-refractivity contribution in [1.29, 1.82) is 0 Å². The molecule has 196 valence electrons. The van der Waals surface area contributed by atoms with Crippen molar-refractivity contribution in [2.24, 2.45) is 0 Å². The number of rotatable bonds is 7. The second-order valence-corrected chi connectivity index (χ2v) is 9.44. The van der Waals surface area contributed by atoms with Gasteiger partial charge in [-0.1, -0.05) is 30.3 Å². The highest BCUT2D eigenvalue weighted by molar-refractivity contribution is 9.11. The van der Waals surface area contributed by atoms with Crippen molar-refractivity contribution in [2.75, 3.05) is 11.9 Å². The smallest absolute Gasteiger partial charge is 0.378 e. The lowest BCUT2D eigenvalue weighted by atomic mass is 9.95. The van der Waals surface area contributed by atoms with Crippen LogP contribution in [0.1, 0.15) is 33.0 Å². The molecule has 2 nitrogen and oxygen atoms in total. The number of carbonyl (C=O) groups excluding carboxylic acids is 1. The van der Waals surface area contributed by atoms with Gasteiger partial charge in [0, 0.05) is 16.8 Å². The van der Waals surface area contributed by atoms with E-state index in [0.29, 0.717) is 11.8 Å². The summed E-state index contributed by atoms with van der Waals surface area (Å²) in [5.41, 5.74) is -3.16. The van der Waals surface area contributed by atoms with Gasteiger partial charge in [-0.15, -0.1) is 0 Å². The molecule has 3 aromatic rings. The highest BCUT2D eigenvalue weighted by Gasteiger charge is 2.41. The fraction of sp³-hybridized carbons (Fsp3) is 0.160. The normalized spacial score (nSPS) is 13.4. The Balaban J connectivity index is 1.99. The van der Waals surface area contributed by atoms with E-state index in [1.165, 1.54) is 0 Å². The zero-order chi connectivity index (χ0) is 27.5. The summed E-state index contributed by atoms with van der Waals surface area (Å²) in [6.45, 7) is -0.505. The summed E-state index contributed by atoms with van der Waals surface area (Å²) in [5, 5.41) is 2.67. The molecule has 3 rings (SSSR count). The highest BCUT2D eigenvalue weighted by atomic mass is 79.9. The van der Waals surface area contributed by atoms with E-state index in [2.05, 4.69) is 37.2 Å². The third-order valence-corrected chi connectivity index (χ3v) is 6.31. The minimum atomic E-state index is -5.09. The van der Waals surface area contributed by atoms with Crippen LogP contribution in [0.25, 0.3) is 5.83 Å². The lowest BCUT2D eigenvalue weighted by molar-refractivity contribution is -0.140. The predicted molar refractivity (Wildman–Crippen MR) is 130 cm³/mol. The number of allylic oxidation sites excluding steroid dienone is 1. The fourth-order valence-corrected chi connectivity index (χ4v) is 4.60. The first-order valence-corrected chi connectivity index (χ1v) is 11.9. The Morgan fingerprint density at radius 1 is 0.919 bits per heavy atom. The molecule has 37 heavy (non-hydrogen) atoms. The molecule has 0 aromatic heterocycles. The fourth-order valence-electron chi connectivity index (χ4n) is 3.38. The van der Waals surface area contributed by atoms with Crippen molar-refractivity contribution in [3.63, 3.8) is 0 Å². The molecule has 0 saturated carbocycles. The maximum atomic E-state index is 15.0. The first-order chi connectivity index (χ1) is 17.2. The number of hydrogen-bond donors (Lipinski definition) is 1. The van der Waals surface area contributed by atoms with Gasteiger partial charge in [-0.3, -0.25) is 4.79 Å². The molecule has 1 unspecified atom stereocenters. The van der Waals surface area contributed by atoms with Crippen LogP contribution in [0.15, 0.2) is 75.7 Å². The molecule has 0 fully saturated rings. The third-order valence-electron chi connectivity index (χ3n) is 5.16. The number of alkyl halides is 6. The molecule has 0 heterocycles. The van der Waals surface area contributed by atoms with Crippen molar-refractivity contribution in [3.05, 3.63) is 104 Å². The maximum absolute atomic E-state index is 15.0. The molecule has 3 aromatic carbocycles. The SMILES string of the molecule is O=C(CNc1ccccc1)c1ccc(/C(F)=C/C(c2cc(Br)c(F)c(Br)c2)C(F)(F)F)cc1C(F)(F)F. The molecule has 12 heteroatoms. The van der Waals surface area contributed by atoms with E-state index >= 15 is 0 Å². The highest BCUT2D eigenvalue weighted by Crippen LogP contribution is 2.41. The van der Waals surface area contributed by atoms with E-state index in [-0.39, 0.29) is 21.1 Å². The number of halogens is 10. The monoisotopic (exact) mass is 655 g/mol. The lowest BCUT2D eigenvalue weighted by Crippen LogP contribution is -2.20. The van der Waals surface area contributed by atoms with Gasteiger partial charge in [0.15, 0.2) is 11.6 Å². The Morgan fingerprint density at radius 2 is 1.51 bits per heavy atom. The number of benzene rings is 3. The molecule has 0 radical (unpaired) electrons. The standard InChI is InChI=1S/C25H15Br2F8NO/c26-19-9-14(10-20(27)23(19)29)17(24(30,31)32)11-21(28)13-6-7-16(18(8-13)25(33,34)35)22(37)12-36-15-4-2-1-3-5-15/h1-11,17,36H,12H2/b21-11-. The zero-order valence-corrected chi connectivity index (χ0v) is 21.5. The number of Topliss-reactive ketones (excluding diaryl/α,β-unsaturated/α-hetero) is 1. The number of anilines is 1. The second-order valence-electron chi connectivity index (χ2n) is 7.73. The van der Waals surface area contributed by atoms with Crippen LogP contribution in [0, 0.1) is 5.82 Å². The quantitative estimate of drug-likeness (QED) is 0.156. The van der Waals surface area contributed by atoms with Crippen LogP contribution < -0.4 is 5.32 Å². The summed E-state index contributed by atoms with van der Waals surface area (Å²) < 4.78 is 110. The molecule has 0 aliphatic rings. The summed E-state index contributed by atoms with van der Waals surface area (Å²) in [6, 6.07) is 11.6. The summed E-state index contributed by atoms with van der Waals surface area (Å²) in [6.07, 6.45) is -10.1. The van der Waals surface area contributed by atoms with Crippen molar-refractivity contribution >= 4 is 49.2 Å². The van der Waals surface area contributed by atoms with Gasteiger partial charge in [0.2, 0.25) is 0 Å². The van der Waals surface area contributed by atoms with Crippen molar-refractivity contribution in [2.45, 2.75) is 18.3 Å². The Bertz CT molecular complexity index is 1300. The van der Waals surface area contributed by atoms with Gasteiger partial charge in [0.1, 0.15) is 11.7 Å². The van der Waals surface area contributed by atoms with Crippen molar-refractivity contribution < 1.29 is 39.9 Å². The average molecular weight is 657 g/mol. The van der Waals surface area contributed by atoms with E-state index in [1.54, 1.807) is 30.3 Å². The van der Waals surface area contributed by atoms with Gasteiger partial charge < -0.3 is 5.32 Å². The Hall–Kier alpha value is -2.73. The number of hydrogen-bond acceptors (Lipinski definition) is 2. The molecule has 0 saturated heterocycles. The molecule has 1 atom stereocenters. The Kier molecular flexibility index (Phi) is 8.84. The molecular weight excluding hydrogens is 642 g/mol. The van der Waals surface area contributed by atoms with Gasteiger partial charge in [0.05, 0.1) is 21.1 Å². The molecule has 1 N–H and O–H groups in total. The first kappa shape index (κ1) is 28.8. The first-order valence-electron chi connectivity index (χ1n) is 10.3. The number of nitrogens with one attached hydrogen (secondary N) is 1. The van der Waals surface area contributed by atoms with Gasteiger partial charge in [-0.25, -0.2) is 8.78 Å². The topological polar surface area (TPSA) is 29.1 Å². The molecule has 0 amide bonds. The van der Waals surface area contributed by atoms with E-state index in [9.17, 15) is 39.9 Å². The van der Waals surface area contributed by atoms with Gasteiger partial charge in [0.25, 0.3) is 0 Å². The lowest BCUT2D eigenvalue weighted by Gasteiger charge is -2.19. The van der Waals surface area contributed by atoms with Gasteiger partial charge in [-0.05, 0) is 73.8 Å². The van der Waals surface area contributed by atoms with E-state index in [0.717, 1.165) is 18.2 Å². The number of carbonyl (C=O) groups is 1. The predicted octanol–water partition coefficient (Wildman–Crippen LogP) is 9.32. The van der Waals surface area contributed by atoms with E-state index in [1.807, 2.05) is 0 Å². The summed E-state index contributed by atoms with van der Waals surface area (Å²) in [5.74, 6) is -6.05. The Labute approximate surface area is 222 Å². The molecule has 0 aliphatic heterocycles. The molecule has 0 aliphatic carbocycles. The Morgan fingerprint density at radius 3 is 2.05 bits per heavy atom. The van der Waals surface area contributed by atoms with Crippen LogP contribution in [0.3, 0.4) is 0 Å². The zero-order valence-electron chi connectivity index (χ0n) is 18.3. The molecule has 0 spiro atoms. The van der Waals surface area contributed by atoms with Crippen molar-refractivity contribution in [1.82, 2.24) is 0 Å². The number of ketones is 1. The molecule has 0 bridgehead atoms. The minimum Gasteiger partial charge on any atom is -0.378 e. The van der Waals surface area contributed by atoms with Gasteiger partial charge >= 0.3 is 12.4 Å². The summed E-state index contributed by atoms with van der Waals surface area (Å²) >= 11 is 5.55. The van der Waals surface area contributed by atoms with E-state index < -0.39 is 64.5 Å². The van der Waals surface area contributed by atoms with Crippen LogP contribution in [-0.4, -0.2) is 18.5 Å². The van der Waals surface area contributed by atoms with Crippen LogP contribution in [0.4, 0.5) is 40.8 Å². The summed E-state index contributed by atoms with van der Waals surface area (Å²) in [4.78, 5) is 12.5. The van der Waals surface area contributed by atoms with Crippen LogP contribution in [0.5, 0.6) is 0 Å². The van der Waals surface area contributed by atoms with Crippen LogP contribution >= 0.6 is 31.9 Å². The van der Waals surface area contributed by atoms with Crippen LogP contribution in [0.2, 0.25) is 0 Å². The van der Waals surface area contributed by atoms with Gasteiger partial charge in [-0.2, -0.15) is 26.3 Å². The molecular formula is C25H15Br2F8NO. The largest absolute Gasteiger partial charge is 0.417 e. The third kappa shape index (κ3) is 7.19. The second kappa shape index (κ2) is 11.3. The minimum absolute atomic E-state index is 0.0973. The summed E-state index contributed by atoms with van der Waals surface area (Å²) in [7, 11) is 0. The van der Waals surface area contributed by atoms with Crippen LogP contribution in [-0.2, 0) is 6.18 Å². The number of para-hydroxylation sites is 1. The maximum Gasteiger partial charge on any atom is 0.417 e. The van der Waals surface area contributed by atoms with Crippen molar-refractivity contribution in [3.8, 4) is 0 Å².